The third kappa shape index (κ3) is 4.71. The summed E-state index contributed by atoms with van der Waals surface area (Å²) in [6.07, 6.45) is 2.32. The molecule has 2 rings (SSSR count). The zero-order valence-corrected chi connectivity index (χ0v) is 16.5. The second-order valence-electron chi connectivity index (χ2n) is 8.63. The summed E-state index contributed by atoms with van der Waals surface area (Å²) in [5.41, 5.74) is 0.975. The van der Waals surface area contributed by atoms with Crippen molar-refractivity contribution in [3.05, 3.63) is 35.4 Å². The number of hydrogen-bond donors (Lipinski definition) is 1. The van der Waals surface area contributed by atoms with Gasteiger partial charge in [-0.2, -0.15) is 0 Å². The summed E-state index contributed by atoms with van der Waals surface area (Å²) in [6, 6.07) is 5.98. The Labute approximate surface area is 156 Å². The Kier molecular flexibility index (Phi) is 6.21. The normalized spacial score (nSPS) is 15.4. The molecule has 0 saturated carbocycles. The molecule has 1 aliphatic rings. The molecule has 1 heterocycles. The Morgan fingerprint density at radius 2 is 1.62 bits per heavy atom. The molecule has 1 aliphatic heterocycles. The van der Waals surface area contributed by atoms with E-state index in [0.717, 1.165) is 17.7 Å². The van der Waals surface area contributed by atoms with Crippen molar-refractivity contribution < 1.29 is 14.4 Å². The van der Waals surface area contributed by atoms with Crippen molar-refractivity contribution in [2.24, 2.45) is 11.3 Å². The Balaban J connectivity index is 2.11. The average Bonchev–Trinajstić information content (AvgIpc) is 2.80. The van der Waals surface area contributed by atoms with Crippen LogP contribution in [0.2, 0.25) is 0 Å². The predicted molar refractivity (Wildman–Crippen MR) is 102 cm³/mol. The van der Waals surface area contributed by atoms with Gasteiger partial charge in [-0.05, 0) is 42.7 Å². The van der Waals surface area contributed by atoms with Crippen LogP contribution in [0.5, 0.6) is 0 Å². The van der Waals surface area contributed by atoms with E-state index in [9.17, 15) is 14.4 Å². The molecule has 5 heteroatoms. The van der Waals surface area contributed by atoms with Gasteiger partial charge in [-0.1, -0.05) is 46.8 Å². The molecule has 0 aromatic heterocycles. The van der Waals surface area contributed by atoms with Crippen LogP contribution in [-0.2, 0) is 4.79 Å². The largest absolute Gasteiger partial charge is 0.354 e. The molecule has 0 fully saturated rings. The number of carbonyl (C=O) groups excluding carboxylic acids is 3. The second-order valence-corrected chi connectivity index (χ2v) is 8.63. The fourth-order valence-corrected chi connectivity index (χ4v) is 3.22. The lowest BCUT2D eigenvalue weighted by molar-refractivity contribution is -0.125. The minimum Gasteiger partial charge on any atom is -0.354 e. The molecule has 1 unspecified atom stereocenters. The first-order valence-corrected chi connectivity index (χ1v) is 9.36. The van der Waals surface area contributed by atoms with Crippen LogP contribution in [-0.4, -0.2) is 35.2 Å². The van der Waals surface area contributed by atoms with Gasteiger partial charge in [0, 0.05) is 6.54 Å². The van der Waals surface area contributed by atoms with Crippen LogP contribution in [0.15, 0.2) is 24.3 Å². The minimum absolute atomic E-state index is 0.185. The molecular weight excluding hydrogens is 328 g/mol. The summed E-state index contributed by atoms with van der Waals surface area (Å²) in [5, 5.41) is 2.92. The van der Waals surface area contributed by atoms with E-state index in [-0.39, 0.29) is 29.1 Å². The van der Waals surface area contributed by atoms with Crippen LogP contribution in [0.4, 0.5) is 0 Å². The standard InChI is InChI=1S/C21H30N2O3/c1-14(2)13-17(18(24)22-12-8-11-21(3,4)5)23-19(25)15-9-6-7-10-16(15)20(23)26/h6-7,9-10,14,17H,8,11-13H2,1-5H3,(H,22,24). The van der Waals surface area contributed by atoms with Crippen molar-refractivity contribution in [3.8, 4) is 0 Å². The van der Waals surface area contributed by atoms with Crippen LogP contribution in [0, 0.1) is 11.3 Å². The zero-order chi connectivity index (χ0) is 19.5. The van der Waals surface area contributed by atoms with E-state index in [4.69, 9.17) is 0 Å². The molecule has 0 radical (unpaired) electrons. The van der Waals surface area contributed by atoms with Crippen LogP contribution >= 0.6 is 0 Å². The highest BCUT2D eigenvalue weighted by Crippen LogP contribution is 2.27. The topological polar surface area (TPSA) is 66.5 Å². The first-order chi connectivity index (χ1) is 12.1. The van der Waals surface area contributed by atoms with Gasteiger partial charge < -0.3 is 5.32 Å². The SMILES string of the molecule is CC(C)CC(C(=O)NCCCC(C)(C)C)N1C(=O)c2ccccc2C1=O. The maximum absolute atomic E-state index is 12.8. The maximum Gasteiger partial charge on any atom is 0.262 e. The number of nitrogens with zero attached hydrogens (tertiary/aromatic N) is 1. The van der Waals surface area contributed by atoms with E-state index >= 15 is 0 Å². The van der Waals surface area contributed by atoms with Crippen molar-refractivity contribution in [2.45, 2.75) is 59.9 Å². The van der Waals surface area contributed by atoms with E-state index in [1.54, 1.807) is 24.3 Å². The van der Waals surface area contributed by atoms with Gasteiger partial charge in [-0.25, -0.2) is 0 Å². The number of hydrogen-bond acceptors (Lipinski definition) is 3. The van der Waals surface area contributed by atoms with E-state index in [2.05, 4.69) is 26.1 Å². The lowest BCUT2D eigenvalue weighted by atomic mass is 9.90. The van der Waals surface area contributed by atoms with E-state index < -0.39 is 6.04 Å². The number of amides is 3. The number of benzene rings is 1. The molecule has 0 saturated heterocycles. The Hall–Kier alpha value is -2.17. The first-order valence-electron chi connectivity index (χ1n) is 9.36. The number of rotatable bonds is 7. The predicted octanol–water partition coefficient (Wildman–Crippen LogP) is 3.64. The first kappa shape index (κ1) is 20.1. The van der Waals surface area contributed by atoms with Crippen LogP contribution in [0.3, 0.4) is 0 Å². The van der Waals surface area contributed by atoms with Gasteiger partial charge >= 0.3 is 0 Å². The number of imide groups is 1. The third-order valence-corrected chi connectivity index (χ3v) is 4.54. The molecule has 1 aromatic carbocycles. The summed E-state index contributed by atoms with van der Waals surface area (Å²) in [6.45, 7) is 11.0. The van der Waals surface area contributed by atoms with Crippen molar-refractivity contribution >= 4 is 17.7 Å². The highest BCUT2D eigenvalue weighted by molar-refractivity contribution is 6.22. The number of fused-ring (bicyclic) bond motifs is 1. The minimum atomic E-state index is -0.767. The lowest BCUT2D eigenvalue weighted by Crippen LogP contribution is -2.50. The van der Waals surface area contributed by atoms with Crippen LogP contribution in [0.25, 0.3) is 0 Å². The van der Waals surface area contributed by atoms with Gasteiger partial charge in [0.05, 0.1) is 11.1 Å². The number of carbonyl (C=O) groups is 3. The summed E-state index contributed by atoms with van der Waals surface area (Å²) < 4.78 is 0. The fourth-order valence-electron chi connectivity index (χ4n) is 3.22. The quantitative estimate of drug-likeness (QED) is 0.598. The van der Waals surface area contributed by atoms with Gasteiger partial charge in [0.2, 0.25) is 5.91 Å². The second kappa shape index (κ2) is 8.02. The third-order valence-electron chi connectivity index (χ3n) is 4.54. The van der Waals surface area contributed by atoms with Crippen LogP contribution in [0.1, 0.15) is 74.6 Å². The molecule has 0 bridgehead atoms. The molecule has 26 heavy (non-hydrogen) atoms. The van der Waals surface area contributed by atoms with Crippen molar-refractivity contribution in [1.82, 2.24) is 10.2 Å². The van der Waals surface area contributed by atoms with Crippen molar-refractivity contribution in [3.63, 3.8) is 0 Å². The molecule has 0 spiro atoms. The molecule has 1 aromatic rings. The summed E-state index contributed by atoms with van der Waals surface area (Å²) in [4.78, 5) is 39.4. The highest BCUT2D eigenvalue weighted by atomic mass is 16.2. The Morgan fingerprint density at radius 1 is 1.08 bits per heavy atom. The van der Waals surface area contributed by atoms with Crippen molar-refractivity contribution in [1.29, 1.82) is 0 Å². The van der Waals surface area contributed by atoms with Gasteiger partial charge in [0.25, 0.3) is 11.8 Å². The highest BCUT2D eigenvalue weighted by Gasteiger charge is 2.42. The molecule has 5 nitrogen and oxygen atoms in total. The van der Waals surface area contributed by atoms with E-state index in [1.807, 2.05) is 13.8 Å². The van der Waals surface area contributed by atoms with Crippen LogP contribution < -0.4 is 5.32 Å². The molecular formula is C21H30N2O3. The number of nitrogens with one attached hydrogen (secondary N) is 1. The maximum atomic E-state index is 12.8. The van der Waals surface area contributed by atoms with E-state index in [1.165, 1.54) is 0 Å². The smallest absolute Gasteiger partial charge is 0.262 e. The molecule has 142 valence electrons. The molecule has 0 aliphatic carbocycles. The van der Waals surface area contributed by atoms with Gasteiger partial charge in [0.1, 0.15) is 6.04 Å². The van der Waals surface area contributed by atoms with E-state index in [0.29, 0.717) is 24.1 Å². The lowest BCUT2D eigenvalue weighted by Gasteiger charge is -2.27. The van der Waals surface area contributed by atoms with Gasteiger partial charge in [-0.15, -0.1) is 0 Å². The molecule has 1 atom stereocenters. The summed E-state index contributed by atoms with van der Waals surface area (Å²) in [7, 11) is 0. The molecule has 3 amide bonds. The van der Waals surface area contributed by atoms with Gasteiger partial charge in [0.15, 0.2) is 0 Å². The Morgan fingerprint density at radius 3 is 2.08 bits per heavy atom. The van der Waals surface area contributed by atoms with Gasteiger partial charge in [-0.3, -0.25) is 19.3 Å². The Bertz CT molecular complexity index is 654. The molecule has 1 N–H and O–H groups in total. The fraction of sp³-hybridized carbons (Fsp3) is 0.571. The summed E-state index contributed by atoms with van der Waals surface area (Å²) >= 11 is 0. The summed E-state index contributed by atoms with van der Waals surface area (Å²) in [5.74, 6) is -0.811. The van der Waals surface area contributed by atoms with Crippen molar-refractivity contribution in [2.75, 3.05) is 6.54 Å². The monoisotopic (exact) mass is 358 g/mol. The zero-order valence-electron chi connectivity index (χ0n) is 16.5. The average molecular weight is 358 g/mol.